The molecule has 0 spiro atoms. The highest BCUT2D eigenvalue weighted by atomic mass is 16.5. The zero-order valence-corrected chi connectivity index (χ0v) is 17.7. The maximum atomic E-state index is 8.65. The summed E-state index contributed by atoms with van der Waals surface area (Å²) in [5.74, 6) is 0.890. The Labute approximate surface area is 165 Å². The number of hydrogen-bond acceptors (Lipinski definition) is 3. The van der Waals surface area contributed by atoms with Crippen molar-refractivity contribution in [2.45, 2.75) is 52.9 Å². The smallest absolute Gasteiger partial charge is 0.119 e. The van der Waals surface area contributed by atoms with Crippen LogP contribution in [0.25, 0.3) is 16.5 Å². The van der Waals surface area contributed by atoms with Crippen LogP contribution in [0.3, 0.4) is 0 Å². The summed E-state index contributed by atoms with van der Waals surface area (Å²) >= 11 is 0. The summed E-state index contributed by atoms with van der Waals surface area (Å²) in [7, 11) is 1.69. The molecule has 0 saturated carbocycles. The van der Waals surface area contributed by atoms with Crippen molar-refractivity contribution in [1.82, 2.24) is 9.88 Å². The van der Waals surface area contributed by atoms with E-state index in [2.05, 4.69) is 43.3 Å². The number of allylic oxidation sites excluding steroid dienone is 1. The average Bonchev–Trinajstić information content (AvgIpc) is 3.10. The van der Waals surface area contributed by atoms with Gasteiger partial charge in [-0.2, -0.15) is 0 Å². The first-order valence-electron chi connectivity index (χ1n) is 10.3. The number of nitrogens with one attached hydrogen (secondary N) is 1. The lowest BCUT2D eigenvalue weighted by Crippen LogP contribution is -2.28. The Kier molecular flexibility index (Phi) is 11.5. The minimum absolute atomic E-state index is 0.292. The Morgan fingerprint density at radius 1 is 1.11 bits per heavy atom. The number of H-pyrrole nitrogens is 1. The van der Waals surface area contributed by atoms with E-state index in [4.69, 9.17) is 9.84 Å². The molecule has 0 fully saturated rings. The number of aliphatic hydroxyl groups excluding tert-OH is 1. The molecule has 4 heteroatoms. The molecular formula is C23H38N2O2. The standard InChI is InChI=1S/C15H19NO.C8H19NO/c1-4-5-6-11(2)14-10-16-15-8-7-12(17-3)9-13(14)15;1-3-5-9(6-4-2)7-8-10/h7-10,16H,2,4-6H2,1,3H3;10H,3-8H2,1-2H3. The normalized spacial score (nSPS) is 10.7. The van der Waals surface area contributed by atoms with Crippen LogP contribution in [0.5, 0.6) is 5.75 Å². The van der Waals surface area contributed by atoms with E-state index in [0.29, 0.717) is 6.61 Å². The number of ether oxygens (including phenoxy) is 1. The number of aliphatic hydroxyl groups is 1. The lowest BCUT2D eigenvalue weighted by Gasteiger charge is -2.18. The molecule has 0 radical (unpaired) electrons. The molecule has 0 unspecified atom stereocenters. The molecular weight excluding hydrogens is 336 g/mol. The molecule has 152 valence electrons. The maximum absolute atomic E-state index is 8.65. The van der Waals surface area contributed by atoms with Crippen LogP contribution in [-0.2, 0) is 0 Å². The largest absolute Gasteiger partial charge is 0.497 e. The third-order valence-electron chi connectivity index (χ3n) is 4.60. The second-order valence-corrected chi connectivity index (χ2v) is 6.89. The number of nitrogens with zero attached hydrogens (tertiary/aromatic N) is 1. The predicted molar refractivity (Wildman–Crippen MR) is 118 cm³/mol. The lowest BCUT2D eigenvalue weighted by atomic mass is 10.0. The number of hydrogen-bond donors (Lipinski definition) is 2. The Hall–Kier alpha value is -1.78. The second kappa shape index (κ2) is 13.4. The number of benzene rings is 1. The van der Waals surface area contributed by atoms with Gasteiger partial charge in [-0.15, -0.1) is 0 Å². The van der Waals surface area contributed by atoms with Gasteiger partial charge in [0.2, 0.25) is 0 Å². The molecule has 0 atom stereocenters. The number of aromatic nitrogens is 1. The van der Waals surface area contributed by atoms with Crippen molar-refractivity contribution in [3.05, 3.63) is 36.5 Å². The van der Waals surface area contributed by atoms with Gasteiger partial charge in [0.1, 0.15) is 5.75 Å². The third-order valence-corrected chi connectivity index (χ3v) is 4.60. The molecule has 2 N–H and O–H groups in total. The van der Waals surface area contributed by atoms with E-state index in [9.17, 15) is 0 Å². The van der Waals surface area contributed by atoms with Gasteiger partial charge in [-0.1, -0.05) is 33.8 Å². The first kappa shape index (κ1) is 23.3. The molecule has 0 saturated heterocycles. The molecule has 1 aromatic heterocycles. The number of methoxy groups -OCH3 is 1. The summed E-state index contributed by atoms with van der Waals surface area (Å²) in [4.78, 5) is 5.57. The fraction of sp³-hybridized carbons (Fsp3) is 0.565. The molecule has 2 rings (SSSR count). The van der Waals surface area contributed by atoms with Crippen LogP contribution >= 0.6 is 0 Å². The summed E-state index contributed by atoms with van der Waals surface area (Å²) in [6.07, 6.45) is 7.85. The highest BCUT2D eigenvalue weighted by Gasteiger charge is 2.07. The van der Waals surface area contributed by atoms with Gasteiger partial charge in [0, 0.05) is 29.2 Å². The van der Waals surface area contributed by atoms with Gasteiger partial charge in [0.15, 0.2) is 0 Å². The Morgan fingerprint density at radius 2 is 1.81 bits per heavy atom. The number of rotatable bonds is 11. The first-order chi connectivity index (χ1) is 13.1. The molecule has 1 aromatic carbocycles. The van der Waals surface area contributed by atoms with Crippen LogP contribution in [-0.4, -0.2) is 48.3 Å². The van der Waals surface area contributed by atoms with Crippen LogP contribution in [0.4, 0.5) is 0 Å². The third kappa shape index (κ3) is 7.77. The van der Waals surface area contributed by atoms with Crippen LogP contribution in [0, 0.1) is 0 Å². The van der Waals surface area contributed by atoms with Crippen molar-refractivity contribution in [3.8, 4) is 5.75 Å². The summed E-state index contributed by atoms with van der Waals surface area (Å²) < 4.78 is 5.26. The molecule has 1 heterocycles. The van der Waals surface area contributed by atoms with Gasteiger partial charge in [0.25, 0.3) is 0 Å². The summed E-state index contributed by atoms with van der Waals surface area (Å²) in [5, 5.41) is 9.85. The van der Waals surface area contributed by atoms with Crippen LogP contribution in [0.15, 0.2) is 31.0 Å². The fourth-order valence-corrected chi connectivity index (χ4v) is 3.15. The second-order valence-electron chi connectivity index (χ2n) is 6.89. The minimum atomic E-state index is 0.292. The molecule has 27 heavy (non-hydrogen) atoms. The predicted octanol–water partition coefficient (Wildman–Crippen LogP) is 5.48. The van der Waals surface area contributed by atoms with Gasteiger partial charge in [-0.05, 0) is 62.5 Å². The molecule has 0 aliphatic rings. The van der Waals surface area contributed by atoms with Gasteiger partial charge >= 0.3 is 0 Å². The molecule has 0 aliphatic carbocycles. The van der Waals surface area contributed by atoms with E-state index in [1.165, 1.54) is 42.2 Å². The number of fused-ring (bicyclic) bond motifs is 1. The monoisotopic (exact) mass is 374 g/mol. The molecule has 4 nitrogen and oxygen atoms in total. The Morgan fingerprint density at radius 3 is 2.37 bits per heavy atom. The van der Waals surface area contributed by atoms with Crippen LogP contribution < -0.4 is 4.74 Å². The number of aromatic amines is 1. The molecule has 0 bridgehead atoms. The minimum Gasteiger partial charge on any atom is -0.497 e. The highest BCUT2D eigenvalue weighted by molar-refractivity contribution is 5.93. The van der Waals surface area contributed by atoms with Crippen molar-refractivity contribution in [3.63, 3.8) is 0 Å². The van der Waals surface area contributed by atoms with Crippen molar-refractivity contribution < 1.29 is 9.84 Å². The van der Waals surface area contributed by atoms with Crippen molar-refractivity contribution in [2.24, 2.45) is 0 Å². The lowest BCUT2D eigenvalue weighted by molar-refractivity contribution is 0.196. The van der Waals surface area contributed by atoms with Crippen molar-refractivity contribution in [1.29, 1.82) is 0 Å². The zero-order chi connectivity index (χ0) is 20.1. The van der Waals surface area contributed by atoms with Crippen LogP contribution in [0.2, 0.25) is 0 Å². The Balaban J connectivity index is 0.000000314. The van der Waals surface area contributed by atoms with E-state index in [1.54, 1.807) is 7.11 Å². The average molecular weight is 375 g/mol. The van der Waals surface area contributed by atoms with E-state index < -0.39 is 0 Å². The van der Waals surface area contributed by atoms with E-state index in [0.717, 1.165) is 37.3 Å². The quantitative estimate of drug-likeness (QED) is 0.547. The van der Waals surface area contributed by atoms with Crippen LogP contribution in [0.1, 0.15) is 58.4 Å². The van der Waals surface area contributed by atoms with E-state index in [1.807, 2.05) is 18.3 Å². The Bertz CT molecular complexity index is 649. The SMILES string of the molecule is C=C(CCCC)c1c[nH]c2ccc(OC)cc12.CCCN(CCC)CCO. The topological polar surface area (TPSA) is 48.5 Å². The van der Waals surface area contributed by atoms with E-state index in [-0.39, 0.29) is 0 Å². The maximum Gasteiger partial charge on any atom is 0.119 e. The van der Waals surface area contributed by atoms with Gasteiger partial charge in [-0.3, -0.25) is 0 Å². The fourth-order valence-electron chi connectivity index (χ4n) is 3.15. The highest BCUT2D eigenvalue weighted by Crippen LogP contribution is 2.29. The summed E-state index contributed by atoms with van der Waals surface area (Å²) in [5.41, 5.74) is 3.55. The molecule has 0 aliphatic heterocycles. The first-order valence-corrected chi connectivity index (χ1v) is 10.3. The summed E-state index contributed by atoms with van der Waals surface area (Å²) in [6.45, 7) is 14.1. The van der Waals surface area contributed by atoms with Crippen molar-refractivity contribution in [2.75, 3.05) is 33.4 Å². The van der Waals surface area contributed by atoms with Gasteiger partial charge in [-0.25, -0.2) is 0 Å². The molecule has 0 amide bonds. The van der Waals surface area contributed by atoms with Gasteiger partial charge < -0.3 is 19.7 Å². The zero-order valence-electron chi connectivity index (χ0n) is 17.7. The summed E-state index contributed by atoms with van der Waals surface area (Å²) in [6, 6.07) is 6.08. The molecule has 2 aromatic rings. The number of unbranched alkanes of at least 4 members (excludes halogenated alkanes) is 1. The van der Waals surface area contributed by atoms with E-state index >= 15 is 0 Å². The van der Waals surface area contributed by atoms with Gasteiger partial charge in [0.05, 0.1) is 13.7 Å². The van der Waals surface area contributed by atoms with Crippen molar-refractivity contribution >= 4 is 16.5 Å².